The van der Waals surface area contributed by atoms with E-state index in [0.717, 1.165) is 25.8 Å². The van der Waals surface area contributed by atoms with Crippen molar-refractivity contribution in [3.8, 4) is 0 Å². The van der Waals surface area contributed by atoms with Crippen molar-refractivity contribution in [2.24, 2.45) is 0 Å². The summed E-state index contributed by atoms with van der Waals surface area (Å²) in [5.74, 6) is -4.04. The lowest BCUT2D eigenvalue weighted by molar-refractivity contribution is 0.0685. The molecule has 0 aromatic heterocycles. The molecule has 1 atom stereocenters. The first-order valence-corrected chi connectivity index (χ1v) is 7.20. The van der Waals surface area contributed by atoms with Gasteiger partial charge in [0.15, 0.2) is 0 Å². The smallest absolute Gasteiger partial charge is 0.259 e. The fraction of sp³-hybridized carbons (Fsp3) is 0.533. The van der Waals surface area contributed by atoms with E-state index in [0.29, 0.717) is 25.2 Å². The zero-order valence-electron chi connectivity index (χ0n) is 12.0. The Labute approximate surface area is 122 Å². The second kappa shape index (κ2) is 6.93. The van der Waals surface area contributed by atoms with E-state index in [9.17, 15) is 18.0 Å². The number of amides is 1. The number of benzene rings is 1. The quantitative estimate of drug-likeness (QED) is 0.927. The van der Waals surface area contributed by atoms with Crippen LogP contribution >= 0.6 is 0 Å². The van der Waals surface area contributed by atoms with Gasteiger partial charge in [0.05, 0.1) is 0 Å². The number of carbonyl (C=O) groups is 1. The van der Waals surface area contributed by atoms with E-state index >= 15 is 0 Å². The van der Waals surface area contributed by atoms with Crippen molar-refractivity contribution >= 4 is 5.91 Å². The topological polar surface area (TPSA) is 32.3 Å². The first-order valence-electron chi connectivity index (χ1n) is 7.20. The van der Waals surface area contributed by atoms with Gasteiger partial charge in [-0.1, -0.05) is 6.92 Å². The van der Waals surface area contributed by atoms with Crippen LogP contribution in [0.15, 0.2) is 12.1 Å². The minimum absolute atomic E-state index is 0.134. The molecule has 0 aliphatic carbocycles. The van der Waals surface area contributed by atoms with Crippen molar-refractivity contribution in [1.29, 1.82) is 0 Å². The predicted octanol–water partition coefficient (Wildman–Crippen LogP) is 2.71. The van der Waals surface area contributed by atoms with Crippen LogP contribution < -0.4 is 5.32 Å². The van der Waals surface area contributed by atoms with E-state index in [2.05, 4.69) is 5.32 Å². The van der Waals surface area contributed by atoms with Gasteiger partial charge in [0.25, 0.3) is 5.91 Å². The van der Waals surface area contributed by atoms with Crippen molar-refractivity contribution in [2.75, 3.05) is 19.6 Å². The summed E-state index contributed by atoms with van der Waals surface area (Å²) in [6.07, 6.45) is 2.68. The fourth-order valence-corrected chi connectivity index (χ4v) is 2.58. The maximum absolute atomic E-state index is 13.7. The summed E-state index contributed by atoms with van der Waals surface area (Å²) in [5.41, 5.74) is -0.674. The Morgan fingerprint density at radius 3 is 2.62 bits per heavy atom. The molecule has 0 spiro atoms. The molecule has 1 heterocycles. The van der Waals surface area contributed by atoms with Crippen molar-refractivity contribution in [2.45, 2.75) is 32.2 Å². The standard InChI is InChI=1S/C15H19F3N2O/c1-2-5-19-11-4-3-6-20(9-11)15(21)14-12(17)7-10(16)8-13(14)18/h7-8,11,19H,2-6,9H2,1H3. The average molecular weight is 300 g/mol. The summed E-state index contributed by atoms with van der Waals surface area (Å²) in [4.78, 5) is 13.7. The van der Waals surface area contributed by atoms with E-state index in [1.807, 2.05) is 6.92 Å². The zero-order chi connectivity index (χ0) is 15.4. The average Bonchev–Trinajstić information content (AvgIpc) is 2.44. The molecule has 1 aliphatic heterocycles. The Morgan fingerprint density at radius 2 is 2.00 bits per heavy atom. The Hall–Kier alpha value is -1.56. The lowest BCUT2D eigenvalue weighted by Crippen LogP contribution is -2.48. The van der Waals surface area contributed by atoms with E-state index in [-0.39, 0.29) is 6.04 Å². The highest BCUT2D eigenvalue weighted by molar-refractivity contribution is 5.94. The van der Waals surface area contributed by atoms with Crippen LogP contribution in [0.4, 0.5) is 13.2 Å². The Kier molecular flexibility index (Phi) is 5.22. The minimum Gasteiger partial charge on any atom is -0.337 e. The predicted molar refractivity (Wildman–Crippen MR) is 73.5 cm³/mol. The van der Waals surface area contributed by atoms with Gasteiger partial charge in [0.2, 0.25) is 0 Å². The number of halogens is 3. The highest BCUT2D eigenvalue weighted by atomic mass is 19.1. The molecule has 21 heavy (non-hydrogen) atoms. The summed E-state index contributed by atoms with van der Waals surface area (Å²) in [5, 5.41) is 3.30. The number of hydrogen-bond acceptors (Lipinski definition) is 2. The third-order valence-corrected chi connectivity index (χ3v) is 3.61. The Balaban J connectivity index is 2.12. The number of piperidine rings is 1. The third kappa shape index (κ3) is 3.75. The van der Waals surface area contributed by atoms with Crippen molar-refractivity contribution in [3.63, 3.8) is 0 Å². The molecule has 3 nitrogen and oxygen atoms in total. The van der Waals surface area contributed by atoms with Crippen LogP contribution in [0.1, 0.15) is 36.5 Å². The SMILES string of the molecule is CCCNC1CCCN(C(=O)c2c(F)cc(F)cc2F)C1. The molecule has 1 saturated heterocycles. The first kappa shape index (κ1) is 15.8. The molecule has 1 unspecified atom stereocenters. The van der Waals surface area contributed by atoms with Crippen LogP contribution in [-0.4, -0.2) is 36.5 Å². The maximum Gasteiger partial charge on any atom is 0.259 e. The molecule has 1 aromatic carbocycles. The van der Waals surface area contributed by atoms with Crippen LogP contribution in [0.25, 0.3) is 0 Å². The molecule has 1 aliphatic rings. The van der Waals surface area contributed by atoms with Crippen LogP contribution in [-0.2, 0) is 0 Å². The molecule has 116 valence electrons. The molecule has 1 aromatic rings. The first-order chi connectivity index (χ1) is 10.0. The van der Waals surface area contributed by atoms with Crippen molar-refractivity contribution in [1.82, 2.24) is 10.2 Å². The van der Waals surface area contributed by atoms with Crippen molar-refractivity contribution in [3.05, 3.63) is 35.1 Å². The minimum atomic E-state index is -1.15. The second-order valence-electron chi connectivity index (χ2n) is 5.29. The second-order valence-corrected chi connectivity index (χ2v) is 5.29. The van der Waals surface area contributed by atoms with Gasteiger partial charge < -0.3 is 10.2 Å². The molecule has 1 amide bonds. The van der Waals surface area contributed by atoms with Crippen LogP contribution in [0, 0.1) is 17.5 Å². The van der Waals surface area contributed by atoms with Gasteiger partial charge in [-0.2, -0.15) is 0 Å². The van der Waals surface area contributed by atoms with E-state index in [1.54, 1.807) is 0 Å². The van der Waals surface area contributed by atoms with Gasteiger partial charge in [0, 0.05) is 31.3 Å². The molecule has 0 saturated carbocycles. The third-order valence-electron chi connectivity index (χ3n) is 3.61. The normalized spacial score (nSPS) is 18.9. The molecule has 0 radical (unpaired) electrons. The van der Waals surface area contributed by atoms with Gasteiger partial charge >= 0.3 is 0 Å². The Bertz CT molecular complexity index is 499. The fourth-order valence-electron chi connectivity index (χ4n) is 2.58. The van der Waals surface area contributed by atoms with Crippen molar-refractivity contribution < 1.29 is 18.0 Å². The number of hydrogen-bond donors (Lipinski definition) is 1. The number of likely N-dealkylation sites (tertiary alicyclic amines) is 1. The monoisotopic (exact) mass is 300 g/mol. The molecular formula is C15H19F3N2O. The number of carbonyl (C=O) groups excluding carboxylic acids is 1. The number of nitrogens with zero attached hydrogens (tertiary/aromatic N) is 1. The molecule has 6 heteroatoms. The van der Waals surface area contributed by atoms with Gasteiger partial charge in [-0.15, -0.1) is 0 Å². The summed E-state index contributed by atoms with van der Waals surface area (Å²) in [6, 6.07) is 1.20. The molecule has 1 N–H and O–H groups in total. The largest absolute Gasteiger partial charge is 0.337 e. The van der Waals surface area contributed by atoms with Gasteiger partial charge in [-0.3, -0.25) is 4.79 Å². The zero-order valence-corrected chi connectivity index (χ0v) is 12.0. The van der Waals surface area contributed by atoms with Crippen LogP contribution in [0.5, 0.6) is 0 Å². The van der Waals surface area contributed by atoms with Crippen LogP contribution in [0.2, 0.25) is 0 Å². The Morgan fingerprint density at radius 1 is 1.33 bits per heavy atom. The highest BCUT2D eigenvalue weighted by Crippen LogP contribution is 2.19. The lowest BCUT2D eigenvalue weighted by atomic mass is 10.0. The molecular weight excluding hydrogens is 281 g/mol. The molecule has 2 rings (SSSR count). The molecule has 1 fully saturated rings. The van der Waals surface area contributed by atoms with Crippen LogP contribution in [0.3, 0.4) is 0 Å². The van der Waals surface area contributed by atoms with E-state index < -0.39 is 28.9 Å². The summed E-state index contributed by atoms with van der Waals surface area (Å²) in [7, 11) is 0. The number of nitrogens with one attached hydrogen (secondary N) is 1. The lowest BCUT2D eigenvalue weighted by Gasteiger charge is -2.33. The number of rotatable bonds is 4. The highest BCUT2D eigenvalue weighted by Gasteiger charge is 2.28. The van der Waals surface area contributed by atoms with E-state index in [4.69, 9.17) is 0 Å². The summed E-state index contributed by atoms with van der Waals surface area (Å²) >= 11 is 0. The summed E-state index contributed by atoms with van der Waals surface area (Å²) in [6.45, 7) is 3.75. The maximum atomic E-state index is 13.7. The molecule has 0 bridgehead atoms. The van der Waals surface area contributed by atoms with E-state index in [1.165, 1.54) is 4.90 Å². The summed E-state index contributed by atoms with van der Waals surface area (Å²) < 4.78 is 40.2. The van der Waals surface area contributed by atoms with Gasteiger partial charge in [0.1, 0.15) is 23.0 Å². The van der Waals surface area contributed by atoms with Gasteiger partial charge in [-0.25, -0.2) is 13.2 Å². The van der Waals surface area contributed by atoms with Gasteiger partial charge in [-0.05, 0) is 25.8 Å².